The molecule has 29 heavy (non-hydrogen) atoms. The van der Waals surface area contributed by atoms with E-state index in [1.807, 2.05) is 10.3 Å². The first-order chi connectivity index (χ1) is 13.6. The van der Waals surface area contributed by atoms with E-state index in [0.29, 0.717) is 30.5 Å². The van der Waals surface area contributed by atoms with Crippen LogP contribution in [0.1, 0.15) is 36.0 Å². The highest BCUT2D eigenvalue weighted by Crippen LogP contribution is 2.27. The summed E-state index contributed by atoms with van der Waals surface area (Å²) in [5, 5.41) is 9.40. The number of rotatable bonds is 6. The number of benzene rings is 1. The van der Waals surface area contributed by atoms with Crippen LogP contribution in [0.15, 0.2) is 24.7 Å². The molecule has 3 N–H and O–H groups in total. The summed E-state index contributed by atoms with van der Waals surface area (Å²) < 4.78 is 40.5. The summed E-state index contributed by atoms with van der Waals surface area (Å²) in [7, 11) is -2.09. The van der Waals surface area contributed by atoms with E-state index >= 15 is 0 Å². The van der Waals surface area contributed by atoms with Gasteiger partial charge in [-0.3, -0.25) is 10.2 Å². The molecule has 1 aliphatic rings. The zero-order valence-corrected chi connectivity index (χ0v) is 17.3. The predicted molar refractivity (Wildman–Crippen MR) is 106 cm³/mol. The van der Waals surface area contributed by atoms with Crippen LogP contribution in [0.25, 0.3) is 11.3 Å². The largest absolute Gasteiger partial charge is 0.393 e. The van der Waals surface area contributed by atoms with Crippen molar-refractivity contribution in [1.82, 2.24) is 19.8 Å². The molecule has 11 heteroatoms. The minimum Gasteiger partial charge on any atom is -0.393 e. The van der Waals surface area contributed by atoms with E-state index in [1.54, 1.807) is 24.1 Å². The molecule has 0 spiro atoms. The molecule has 1 heterocycles. The van der Waals surface area contributed by atoms with Crippen LogP contribution in [0.4, 0.5) is 4.39 Å². The Labute approximate surface area is 173 Å². The molecule has 1 aliphatic carbocycles. The van der Waals surface area contributed by atoms with Crippen molar-refractivity contribution >= 4 is 27.5 Å². The average molecular weight is 445 g/mol. The number of hydrogen-bond donors (Lipinski definition) is 3. The third-order valence-electron chi connectivity index (χ3n) is 4.80. The van der Waals surface area contributed by atoms with Gasteiger partial charge in [0.05, 0.1) is 34.5 Å². The fourth-order valence-electron chi connectivity index (χ4n) is 3.42. The number of aryl methyl sites for hydroxylation is 1. The molecule has 3 rings (SSSR count). The first-order valence-corrected chi connectivity index (χ1v) is 11.1. The number of nitrogens with one attached hydrogen (secondary N) is 2. The molecule has 1 fully saturated rings. The summed E-state index contributed by atoms with van der Waals surface area (Å²) in [6.07, 6.45) is 5.19. The van der Waals surface area contributed by atoms with Crippen molar-refractivity contribution in [3.05, 3.63) is 41.1 Å². The molecule has 0 bridgehead atoms. The number of aliphatic hydroxyl groups is 1. The number of imidazole rings is 1. The summed E-state index contributed by atoms with van der Waals surface area (Å²) in [5.74, 6) is -2.37. The van der Waals surface area contributed by atoms with Crippen LogP contribution < -0.4 is 10.3 Å². The molecule has 1 aromatic heterocycles. The van der Waals surface area contributed by atoms with Crippen LogP contribution in [0.3, 0.4) is 0 Å². The van der Waals surface area contributed by atoms with Crippen molar-refractivity contribution in [3.8, 4) is 11.3 Å². The van der Waals surface area contributed by atoms with Gasteiger partial charge in [-0.2, -0.15) is 0 Å². The van der Waals surface area contributed by atoms with E-state index in [2.05, 4.69) is 4.98 Å². The van der Waals surface area contributed by atoms with E-state index in [1.165, 1.54) is 12.1 Å². The fourth-order valence-corrected chi connectivity index (χ4v) is 4.90. The second kappa shape index (κ2) is 8.78. The molecule has 0 saturated heterocycles. The van der Waals surface area contributed by atoms with Gasteiger partial charge in [-0.25, -0.2) is 17.8 Å². The molecule has 2 aromatic rings. The number of aliphatic hydroxyl groups excluding tert-OH is 1. The molecule has 158 valence electrons. The molecule has 8 nitrogen and oxygen atoms in total. The standard InChI is InChI=1S/C18H22ClFN4O4S/c1-24-8-16(21-10-24)12-6-14(17(20)15(19)7-12)18(26)22-23-29(27,28)9-11-3-2-4-13(25)5-11/h6-8,10-11,13,23,25H,2-5,9H2,1H3,(H,22,26)/t11-,13+/m0/s1. The number of carbonyl (C=O) groups is 1. The van der Waals surface area contributed by atoms with Crippen LogP contribution in [0, 0.1) is 11.7 Å². The van der Waals surface area contributed by atoms with E-state index < -0.39 is 33.4 Å². The van der Waals surface area contributed by atoms with Gasteiger partial charge in [0.2, 0.25) is 10.0 Å². The number of aromatic nitrogens is 2. The van der Waals surface area contributed by atoms with Gasteiger partial charge in [-0.1, -0.05) is 18.0 Å². The Hall–Kier alpha value is -2.01. The number of amides is 1. The van der Waals surface area contributed by atoms with E-state index in [0.717, 1.165) is 6.42 Å². The topological polar surface area (TPSA) is 113 Å². The van der Waals surface area contributed by atoms with Crippen molar-refractivity contribution in [2.75, 3.05) is 5.75 Å². The van der Waals surface area contributed by atoms with Crippen molar-refractivity contribution in [1.29, 1.82) is 0 Å². The van der Waals surface area contributed by atoms with Gasteiger partial charge in [-0.15, -0.1) is 4.83 Å². The first kappa shape index (κ1) is 21.7. The van der Waals surface area contributed by atoms with E-state index in [9.17, 15) is 22.7 Å². The monoisotopic (exact) mass is 444 g/mol. The van der Waals surface area contributed by atoms with E-state index in [4.69, 9.17) is 11.6 Å². The van der Waals surface area contributed by atoms with Crippen LogP contribution in [-0.2, 0) is 17.1 Å². The van der Waals surface area contributed by atoms with Crippen molar-refractivity contribution < 1.29 is 22.7 Å². The molecule has 1 amide bonds. The van der Waals surface area contributed by atoms with Gasteiger partial charge < -0.3 is 9.67 Å². The lowest BCUT2D eigenvalue weighted by Gasteiger charge is -2.25. The smallest absolute Gasteiger partial charge is 0.269 e. The minimum atomic E-state index is -3.85. The van der Waals surface area contributed by atoms with Crippen LogP contribution in [0.2, 0.25) is 5.02 Å². The summed E-state index contributed by atoms with van der Waals surface area (Å²) in [5.41, 5.74) is 2.52. The van der Waals surface area contributed by atoms with Crippen LogP contribution in [-0.4, -0.2) is 40.8 Å². The summed E-state index contributed by atoms with van der Waals surface area (Å²) in [6.45, 7) is 0. The summed E-state index contributed by atoms with van der Waals surface area (Å²) in [6, 6.07) is 2.60. The number of hydrogen-bond acceptors (Lipinski definition) is 5. The number of hydrazine groups is 1. The van der Waals surface area contributed by atoms with Gasteiger partial charge in [0.1, 0.15) is 0 Å². The highest BCUT2D eigenvalue weighted by Gasteiger charge is 2.26. The molecule has 1 aromatic carbocycles. The van der Waals surface area contributed by atoms with Crippen LogP contribution >= 0.6 is 11.6 Å². The average Bonchev–Trinajstić information content (AvgIpc) is 3.08. The molecule has 0 radical (unpaired) electrons. The zero-order chi connectivity index (χ0) is 21.2. The summed E-state index contributed by atoms with van der Waals surface area (Å²) in [4.78, 5) is 18.5. The molecular weight excluding hydrogens is 423 g/mol. The van der Waals surface area contributed by atoms with Gasteiger partial charge in [-0.05, 0) is 37.3 Å². The second-order valence-electron chi connectivity index (χ2n) is 7.27. The maximum Gasteiger partial charge on any atom is 0.269 e. The lowest BCUT2D eigenvalue weighted by molar-refractivity contribution is 0.0939. The Balaban J connectivity index is 1.70. The Morgan fingerprint density at radius 2 is 2.17 bits per heavy atom. The maximum absolute atomic E-state index is 14.4. The Morgan fingerprint density at radius 3 is 2.83 bits per heavy atom. The Morgan fingerprint density at radius 1 is 1.41 bits per heavy atom. The highest BCUT2D eigenvalue weighted by atomic mass is 35.5. The van der Waals surface area contributed by atoms with Gasteiger partial charge in [0, 0.05) is 18.8 Å². The zero-order valence-electron chi connectivity index (χ0n) is 15.7. The van der Waals surface area contributed by atoms with Gasteiger partial charge in [0.15, 0.2) is 5.82 Å². The fraction of sp³-hybridized carbons (Fsp3) is 0.444. The third kappa shape index (κ3) is 5.53. The highest BCUT2D eigenvalue weighted by molar-refractivity contribution is 7.89. The Bertz CT molecular complexity index is 1010. The Kier molecular flexibility index (Phi) is 6.57. The molecular formula is C18H22ClFN4O4S. The van der Waals surface area contributed by atoms with Gasteiger partial charge in [0.25, 0.3) is 5.91 Å². The molecule has 1 saturated carbocycles. The normalized spacial score (nSPS) is 19.9. The second-order valence-corrected chi connectivity index (χ2v) is 9.44. The van der Waals surface area contributed by atoms with E-state index in [-0.39, 0.29) is 16.7 Å². The lowest BCUT2D eigenvalue weighted by atomic mass is 9.89. The van der Waals surface area contributed by atoms with Crippen molar-refractivity contribution in [3.63, 3.8) is 0 Å². The molecule has 2 atom stereocenters. The predicted octanol–water partition coefficient (Wildman–Crippen LogP) is 1.99. The quantitative estimate of drug-likeness (QED) is 0.590. The van der Waals surface area contributed by atoms with Crippen molar-refractivity contribution in [2.45, 2.75) is 31.8 Å². The lowest BCUT2D eigenvalue weighted by Crippen LogP contribution is -2.44. The number of carbonyl (C=O) groups excluding carboxylic acids is 1. The number of nitrogens with zero attached hydrogens (tertiary/aromatic N) is 2. The molecule has 0 unspecified atom stereocenters. The number of halogens is 2. The number of sulfonamides is 1. The SMILES string of the molecule is Cn1cnc(-c2cc(Cl)c(F)c(C(=O)NNS(=O)(=O)C[C@H]3CCC[C@@H](O)C3)c2)c1. The minimum absolute atomic E-state index is 0.202. The van der Waals surface area contributed by atoms with Crippen LogP contribution in [0.5, 0.6) is 0 Å². The van der Waals surface area contributed by atoms with Gasteiger partial charge >= 0.3 is 0 Å². The first-order valence-electron chi connectivity index (χ1n) is 9.10. The third-order valence-corrected chi connectivity index (χ3v) is 6.40. The molecule has 0 aliphatic heterocycles. The maximum atomic E-state index is 14.4. The summed E-state index contributed by atoms with van der Waals surface area (Å²) >= 11 is 5.90. The van der Waals surface area contributed by atoms with Crippen molar-refractivity contribution in [2.24, 2.45) is 13.0 Å².